The van der Waals surface area contributed by atoms with Crippen molar-refractivity contribution < 1.29 is 19.1 Å². The monoisotopic (exact) mass is 432 g/mol. The molecule has 1 fully saturated rings. The molecule has 6 heteroatoms. The molecule has 0 unspecified atom stereocenters. The maximum Gasteiger partial charge on any atom is 0.278 e. The van der Waals surface area contributed by atoms with Crippen LogP contribution in [0.2, 0.25) is 0 Å². The third kappa shape index (κ3) is 3.53. The fourth-order valence-electron chi connectivity index (χ4n) is 4.79. The van der Waals surface area contributed by atoms with Gasteiger partial charge in [-0.05, 0) is 61.4 Å². The lowest BCUT2D eigenvalue weighted by Gasteiger charge is -2.32. The van der Waals surface area contributed by atoms with Gasteiger partial charge in [0, 0.05) is 13.1 Å². The Hall–Kier alpha value is -3.28. The summed E-state index contributed by atoms with van der Waals surface area (Å²) >= 11 is 0. The summed E-state index contributed by atoms with van der Waals surface area (Å²) in [6, 6.07) is 11.6. The van der Waals surface area contributed by atoms with E-state index >= 15 is 0 Å². The number of fused-ring (bicyclic) bond motifs is 1. The zero-order valence-electron chi connectivity index (χ0n) is 18.8. The molecule has 2 aromatic carbocycles. The van der Waals surface area contributed by atoms with E-state index < -0.39 is 0 Å². The van der Waals surface area contributed by atoms with Crippen LogP contribution in [0.3, 0.4) is 0 Å². The van der Waals surface area contributed by atoms with Gasteiger partial charge in [0.2, 0.25) is 6.79 Å². The van der Waals surface area contributed by atoms with Crippen LogP contribution in [0.25, 0.3) is 5.57 Å². The maximum atomic E-state index is 13.7. The summed E-state index contributed by atoms with van der Waals surface area (Å²) in [7, 11) is 0. The van der Waals surface area contributed by atoms with Gasteiger partial charge < -0.3 is 14.4 Å². The minimum atomic E-state index is -0.228. The fraction of sp³-hybridized carbons (Fsp3) is 0.385. The fourth-order valence-corrected chi connectivity index (χ4v) is 4.79. The van der Waals surface area contributed by atoms with Crippen molar-refractivity contribution in [3.8, 4) is 11.5 Å². The second-order valence-electron chi connectivity index (χ2n) is 9.10. The Morgan fingerprint density at radius 3 is 2.44 bits per heavy atom. The van der Waals surface area contributed by atoms with E-state index in [-0.39, 0.29) is 25.2 Å². The Morgan fingerprint density at radius 2 is 1.69 bits per heavy atom. The average molecular weight is 433 g/mol. The number of aryl methyl sites for hydroxylation is 2. The molecule has 166 valence electrons. The van der Waals surface area contributed by atoms with Crippen molar-refractivity contribution in [2.75, 3.05) is 19.9 Å². The average Bonchev–Trinajstić information content (AvgIpc) is 3.33. The third-order valence-corrected chi connectivity index (χ3v) is 6.67. The summed E-state index contributed by atoms with van der Waals surface area (Å²) < 4.78 is 10.9. The van der Waals surface area contributed by atoms with Crippen LogP contribution in [0.5, 0.6) is 11.5 Å². The number of carbonyl (C=O) groups is 2. The van der Waals surface area contributed by atoms with Crippen LogP contribution < -0.4 is 9.47 Å². The van der Waals surface area contributed by atoms with E-state index in [0.717, 1.165) is 48.2 Å². The lowest BCUT2D eigenvalue weighted by molar-refractivity contribution is -0.138. The van der Waals surface area contributed by atoms with Gasteiger partial charge in [0.15, 0.2) is 11.5 Å². The third-order valence-electron chi connectivity index (χ3n) is 6.67. The van der Waals surface area contributed by atoms with Crippen LogP contribution >= 0.6 is 0 Å². The van der Waals surface area contributed by atoms with Gasteiger partial charge >= 0.3 is 0 Å². The van der Waals surface area contributed by atoms with E-state index in [9.17, 15) is 9.59 Å². The van der Waals surface area contributed by atoms with Crippen LogP contribution in [0.4, 0.5) is 0 Å². The minimum Gasteiger partial charge on any atom is -0.454 e. The molecule has 6 nitrogen and oxygen atoms in total. The number of hydrogen-bond acceptors (Lipinski definition) is 5. The van der Waals surface area contributed by atoms with E-state index in [4.69, 9.17) is 9.47 Å². The van der Waals surface area contributed by atoms with Crippen LogP contribution in [0, 0.1) is 19.8 Å². The molecule has 0 bridgehead atoms. The van der Waals surface area contributed by atoms with Crippen molar-refractivity contribution in [3.05, 3.63) is 64.3 Å². The van der Waals surface area contributed by atoms with Crippen molar-refractivity contribution in [2.45, 2.75) is 40.2 Å². The van der Waals surface area contributed by atoms with Crippen molar-refractivity contribution in [2.24, 2.45) is 5.92 Å². The summed E-state index contributed by atoms with van der Waals surface area (Å²) in [4.78, 5) is 30.8. The summed E-state index contributed by atoms with van der Waals surface area (Å²) in [5.74, 6) is 1.53. The number of amides is 2. The molecule has 3 aliphatic heterocycles. The molecule has 0 atom stereocenters. The van der Waals surface area contributed by atoms with Crippen LogP contribution in [-0.2, 0) is 16.1 Å². The summed E-state index contributed by atoms with van der Waals surface area (Å²) in [5, 5.41) is 0. The molecular formula is C26H28N2O4. The number of carbonyl (C=O) groups excluding carboxylic acids is 2. The number of hydrogen-bond donors (Lipinski definition) is 0. The molecule has 0 N–H and O–H groups in total. The van der Waals surface area contributed by atoms with Gasteiger partial charge in [-0.15, -0.1) is 0 Å². The van der Waals surface area contributed by atoms with Gasteiger partial charge in [0.25, 0.3) is 11.8 Å². The first-order chi connectivity index (χ1) is 15.4. The molecule has 0 aromatic heterocycles. The second-order valence-corrected chi connectivity index (χ2v) is 9.10. The van der Waals surface area contributed by atoms with E-state index in [1.807, 2.05) is 44.2 Å². The van der Waals surface area contributed by atoms with Crippen molar-refractivity contribution in [1.82, 2.24) is 9.80 Å². The smallest absolute Gasteiger partial charge is 0.278 e. The highest BCUT2D eigenvalue weighted by molar-refractivity contribution is 6.35. The number of piperidine rings is 1. The SMILES string of the molecule is Cc1ccc(C2=C(N3CCC(C)CC3)C(=O)N(Cc3ccc4c(c3)OCO4)C2=O)c(C)c1. The van der Waals surface area contributed by atoms with Gasteiger partial charge in [-0.1, -0.05) is 36.8 Å². The maximum absolute atomic E-state index is 13.7. The Labute approximate surface area is 188 Å². The first kappa shape index (κ1) is 20.6. The molecule has 0 radical (unpaired) electrons. The lowest BCUT2D eigenvalue weighted by atomic mass is 9.95. The molecule has 32 heavy (non-hydrogen) atoms. The van der Waals surface area contributed by atoms with Crippen LogP contribution in [-0.4, -0.2) is 41.5 Å². The summed E-state index contributed by atoms with van der Waals surface area (Å²) in [6.07, 6.45) is 2.04. The van der Waals surface area contributed by atoms with Crippen molar-refractivity contribution in [1.29, 1.82) is 0 Å². The summed E-state index contributed by atoms with van der Waals surface area (Å²) in [5.41, 5.74) is 4.90. The Morgan fingerprint density at radius 1 is 0.938 bits per heavy atom. The molecule has 5 rings (SSSR count). The highest BCUT2D eigenvalue weighted by Crippen LogP contribution is 2.37. The lowest BCUT2D eigenvalue weighted by Crippen LogP contribution is -2.38. The predicted molar refractivity (Wildman–Crippen MR) is 121 cm³/mol. The number of benzene rings is 2. The van der Waals surface area contributed by atoms with E-state index in [1.54, 1.807) is 0 Å². The molecule has 3 heterocycles. The Kier molecular flexibility index (Phi) is 5.16. The molecule has 3 aliphatic rings. The van der Waals surface area contributed by atoms with Crippen molar-refractivity contribution in [3.63, 3.8) is 0 Å². The number of likely N-dealkylation sites (tertiary alicyclic amines) is 1. The van der Waals surface area contributed by atoms with Gasteiger partial charge in [-0.25, -0.2) is 0 Å². The predicted octanol–water partition coefficient (Wildman–Crippen LogP) is 4.04. The zero-order chi connectivity index (χ0) is 22.4. The molecule has 0 spiro atoms. The number of rotatable bonds is 4. The van der Waals surface area contributed by atoms with Crippen LogP contribution in [0.1, 0.15) is 42.0 Å². The van der Waals surface area contributed by atoms with Gasteiger partial charge in [0.1, 0.15) is 5.70 Å². The molecule has 0 aliphatic carbocycles. The van der Waals surface area contributed by atoms with Gasteiger partial charge in [0.05, 0.1) is 12.1 Å². The molecule has 2 aromatic rings. The molecule has 0 saturated carbocycles. The quantitative estimate of drug-likeness (QED) is 0.683. The molecule has 1 saturated heterocycles. The van der Waals surface area contributed by atoms with Gasteiger partial charge in [-0.2, -0.15) is 0 Å². The van der Waals surface area contributed by atoms with Gasteiger partial charge in [-0.3, -0.25) is 14.5 Å². The Balaban J connectivity index is 1.52. The van der Waals surface area contributed by atoms with E-state index in [0.29, 0.717) is 28.7 Å². The van der Waals surface area contributed by atoms with E-state index in [2.05, 4.69) is 17.9 Å². The number of ether oxygens (including phenoxy) is 2. The minimum absolute atomic E-state index is 0.191. The van der Waals surface area contributed by atoms with E-state index in [1.165, 1.54) is 4.90 Å². The first-order valence-corrected chi connectivity index (χ1v) is 11.2. The topological polar surface area (TPSA) is 59.1 Å². The highest BCUT2D eigenvalue weighted by Gasteiger charge is 2.42. The zero-order valence-corrected chi connectivity index (χ0v) is 18.8. The summed E-state index contributed by atoms with van der Waals surface area (Å²) in [6.45, 7) is 8.26. The molecule has 2 amide bonds. The number of imide groups is 1. The van der Waals surface area contributed by atoms with Crippen LogP contribution in [0.15, 0.2) is 42.1 Å². The Bertz CT molecular complexity index is 1130. The van der Waals surface area contributed by atoms with Crippen molar-refractivity contribution >= 4 is 17.4 Å². The standard InChI is InChI=1S/C26H28N2O4/c1-16-8-10-27(11-9-16)24-23(20-6-4-17(2)12-18(20)3)25(29)28(26(24)30)14-19-5-7-21-22(13-19)32-15-31-21/h4-7,12-13,16H,8-11,14-15H2,1-3H3. The second kappa shape index (κ2) is 8.01. The normalized spacial score (nSPS) is 18.8. The largest absolute Gasteiger partial charge is 0.454 e. The first-order valence-electron chi connectivity index (χ1n) is 11.2. The number of nitrogens with zero attached hydrogens (tertiary/aromatic N) is 2. The highest BCUT2D eigenvalue weighted by atomic mass is 16.7. The molecular weight excluding hydrogens is 404 g/mol.